The Balaban J connectivity index is 1.62. The van der Waals surface area contributed by atoms with Gasteiger partial charge in [-0.1, -0.05) is 12.1 Å². The van der Waals surface area contributed by atoms with Crippen LogP contribution in [0.4, 0.5) is 0 Å². The van der Waals surface area contributed by atoms with Gasteiger partial charge in [-0.2, -0.15) is 0 Å². The summed E-state index contributed by atoms with van der Waals surface area (Å²) in [5.41, 5.74) is 3.36. The molecule has 3 rings (SSSR count). The third kappa shape index (κ3) is 3.91. The molecule has 2 aromatic carbocycles. The number of ether oxygens (including phenoxy) is 2. The zero-order chi connectivity index (χ0) is 17.8. The molecule has 0 radical (unpaired) electrons. The van der Waals surface area contributed by atoms with Gasteiger partial charge in [0, 0.05) is 13.5 Å². The fraction of sp³-hybridized carbons (Fsp3) is 0.263. The molecule has 1 N–H and O–H groups in total. The Hall–Kier alpha value is -3.02. The molecule has 6 heteroatoms. The van der Waals surface area contributed by atoms with Crippen LogP contribution in [0.15, 0.2) is 40.8 Å². The fourth-order valence-electron chi connectivity index (χ4n) is 2.63. The van der Waals surface area contributed by atoms with Crippen LogP contribution in [-0.4, -0.2) is 25.1 Å². The molecule has 0 fully saturated rings. The number of hydrogen-bond donors (Lipinski definition) is 1. The summed E-state index contributed by atoms with van der Waals surface area (Å²) in [6.07, 6.45) is 0.268. The van der Waals surface area contributed by atoms with Crippen molar-refractivity contribution in [3.63, 3.8) is 0 Å². The van der Waals surface area contributed by atoms with Gasteiger partial charge in [0.1, 0.15) is 5.52 Å². The third-order valence-corrected chi connectivity index (χ3v) is 3.86. The number of rotatable bonds is 6. The summed E-state index contributed by atoms with van der Waals surface area (Å²) in [6, 6.07) is 11.2. The second kappa shape index (κ2) is 7.25. The monoisotopic (exact) mass is 340 g/mol. The van der Waals surface area contributed by atoms with Gasteiger partial charge in [0.05, 0.1) is 20.6 Å². The Morgan fingerprint density at radius 2 is 1.84 bits per heavy atom. The summed E-state index contributed by atoms with van der Waals surface area (Å²) in [5.74, 6) is 1.81. The van der Waals surface area contributed by atoms with Gasteiger partial charge in [0.2, 0.25) is 5.91 Å². The van der Waals surface area contributed by atoms with Crippen molar-refractivity contribution in [2.75, 3.05) is 14.2 Å². The standard InChI is InChI=1S/C19H20N2O4/c1-12-21-15-6-4-14(9-17(15)25-12)11-20-19(22)10-13-5-7-16(23-2)18(8-13)24-3/h4-9H,10-11H2,1-3H3,(H,20,22). The SMILES string of the molecule is COc1ccc(CC(=O)NCc2ccc3nc(C)oc3c2)cc1OC. The molecule has 3 aromatic rings. The minimum absolute atomic E-state index is 0.0685. The van der Waals surface area contributed by atoms with E-state index in [1.54, 1.807) is 20.3 Å². The van der Waals surface area contributed by atoms with Gasteiger partial charge < -0.3 is 19.2 Å². The van der Waals surface area contributed by atoms with Gasteiger partial charge in [-0.15, -0.1) is 0 Å². The molecule has 0 atom stereocenters. The number of oxazole rings is 1. The van der Waals surface area contributed by atoms with Crippen LogP contribution < -0.4 is 14.8 Å². The van der Waals surface area contributed by atoms with Crippen molar-refractivity contribution in [3.8, 4) is 11.5 Å². The molecule has 1 aromatic heterocycles. The molecule has 1 heterocycles. The largest absolute Gasteiger partial charge is 0.493 e. The summed E-state index contributed by atoms with van der Waals surface area (Å²) in [6.45, 7) is 2.24. The topological polar surface area (TPSA) is 73.6 Å². The number of hydrogen-bond acceptors (Lipinski definition) is 5. The molecule has 130 valence electrons. The van der Waals surface area contributed by atoms with Gasteiger partial charge in [-0.05, 0) is 35.4 Å². The fourth-order valence-corrected chi connectivity index (χ4v) is 2.63. The number of benzene rings is 2. The number of methoxy groups -OCH3 is 2. The van der Waals surface area contributed by atoms with Crippen molar-refractivity contribution in [2.24, 2.45) is 0 Å². The molecule has 0 aliphatic heterocycles. The van der Waals surface area contributed by atoms with E-state index in [4.69, 9.17) is 13.9 Å². The molecule has 25 heavy (non-hydrogen) atoms. The Morgan fingerprint density at radius 3 is 2.60 bits per heavy atom. The number of fused-ring (bicyclic) bond motifs is 1. The summed E-state index contributed by atoms with van der Waals surface area (Å²) in [4.78, 5) is 16.4. The molecular formula is C19H20N2O4. The quantitative estimate of drug-likeness (QED) is 0.747. The maximum absolute atomic E-state index is 12.2. The molecule has 1 amide bonds. The van der Waals surface area contributed by atoms with Crippen molar-refractivity contribution in [1.82, 2.24) is 10.3 Å². The highest BCUT2D eigenvalue weighted by Crippen LogP contribution is 2.27. The predicted molar refractivity (Wildman–Crippen MR) is 93.8 cm³/mol. The molecule has 0 saturated heterocycles. The molecule has 0 spiro atoms. The lowest BCUT2D eigenvalue weighted by Crippen LogP contribution is -2.24. The second-order valence-corrected chi connectivity index (χ2v) is 5.68. The zero-order valence-corrected chi connectivity index (χ0v) is 14.5. The van der Waals surface area contributed by atoms with Crippen molar-refractivity contribution < 1.29 is 18.7 Å². The number of carbonyl (C=O) groups excluding carboxylic acids is 1. The molecule has 0 bridgehead atoms. The number of nitrogens with one attached hydrogen (secondary N) is 1. The van der Waals surface area contributed by atoms with E-state index in [9.17, 15) is 4.79 Å². The number of nitrogens with zero attached hydrogens (tertiary/aromatic N) is 1. The summed E-state index contributed by atoms with van der Waals surface area (Å²) in [7, 11) is 3.15. The molecule has 0 saturated carbocycles. The normalized spacial score (nSPS) is 10.7. The van der Waals surface area contributed by atoms with Crippen LogP contribution in [0.25, 0.3) is 11.1 Å². The minimum atomic E-state index is -0.0685. The Kier molecular flexibility index (Phi) is 4.88. The van der Waals surface area contributed by atoms with Crippen molar-refractivity contribution in [3.05, 3.63) is 53.4 Å². The molecule has 0 aliphatic carbocycles. The average molecular weight is 340 g/mol. The van der Waals surface area contributed by atoms with Crippen LogP contribution >= 0.6 is 0 Å². The van der Waals surface area contributed by atoms with E-state index < -0.39 is 0 Å². The van der Waals surface area contributed by atoms with E-state index in [-0.39, 0.29) is 12.3 Å². The zero-order valence-electron chi connectivity index (χ0n) is 14.5. The van der Waals surface area contributed by atoms with Crippen molar-refractivity contribution in [1.29, 1.82) is 0 Å². The van der Waals surface area contributed by atoms with Crippen molar-refractivity contribution in [2.45, 2.75) is 19.9 Å². The summed E-state index contributed by atoms with van der Waals surface area (Å²) < 4.78 is 16.0. The lowest BCUT2D eigenvalue weighted by Gasteiger charge is -2.10. The second-order valence-electron chi connectivity index (χ2n) is 5.68. The van der Waals surface area contributed by atoms with E-state index >= 15 is 0 Å². The van der Waals surface area contributed by atoms with E-state index in [0.29, 0.717) is 23.9 Å². The lowest BCUT2D eigenvalue weighted by molar-refractivity contribution is -0.120. The Labute approximate surface area is 145 Å². The van der Waals surface area contributed by atoms with Gasteiger partial charge >= 0.3 is 0 Å². The number of aromatic nitrogens is 1. The number of amides is 1. The highest BCUT2D eigenvalue weighted by atomic mass is 16.5. The van der Waals surface area contributed by atoms with Gasteiger partial charge in [0.15, 0.2) is 23.0 Å². The third-order valence-electron chi connectivity index (χ3n) is 3.86. The molecule has 0 unspecified atom stereocenters. The number of aryl methyl sites for hydroxylation is 1. The highest BCUT2D eigenvalue weighted by molar-refractivity contribution is 5.79. The first-order chi connectivity index (χ1) is 12.1. The van der Waals surface area contributed by atoms with Crippen LogP contribution in [0, 0.1) is 6.92 Å². The first kappa shape index (κ1) is 16.8. The van der Waals surface area contributed by atoms with E-state index in [1.807, 2.05) is 37.3 Å². The van der Waals surface area contributed by atoms with Gasteiger partial charge in [-0.25, -0.2) is 4.98 Å². The van der Waals surface area contributed by atoms with Gasteiger partial charge in [-0.3, -0.25) is 4.79 Å². The summed E-state index contributed by atoms with van der Waals surface area (Å²) in [5, 5.41) is 2.91. The molecule has 0 aliphatic rings. The van der Waals surface area contributed by atoms with Crippen LogP contribution in [0.1, 0.15) is 17.0 Å². The maximum atomic E-state index is 12.2. The minimum Gasteiger partial charge on any atom is -0.493 e. The lowest BCUT2D eigenvalue weighted by atomic mass is 10.1. The highest BCUT2D eigenvalue weighted by Gasteiger charge is 2.09. The van der Waals surface area contributed by atoms with E-state index in [1.165, 1.54) is 0 Å². The molecular weight excluding hydrogens is 320 g/mol. The van der Waals surface area contributed by atoms with Crippen LogP contribution in [0.5, 0.6) is 11.5 Å². The Bertz CT molecular complexity index is 902. The maximum Gasteiger partial charge on any atom is 0.224 e. The molecule has 6 nitrogen and oxygen atoms in total. The van der Waals surface area contributed by atoms with Gasteiger partial charge in [0.25, 0.3) is 0 Å². The predicted octanol–water partition coefficient (Wildman–Crippen LogP) is 3.01. The first-order valence-electron chi connectivity index (χ1n) is 7.92. The summed E-state index contributed by atoms with van der Waals surface area (Å²) >= 11 is 0. The van der Waals surface area contributed by atoms with E-state index in [0.717, 1.165) is 22.2 Å². The van der Waals surface area contributed by atoms with Crippen LogP contribution in [0.2, 0.25) is 0 Å². The van der Waals surface area contributed by atoms with E-state index in [2.05, 4.69) is 10.3 Å². The average Bonchev–Trinajstić information content (AvgIpc) is 2.99. The van der Waals surface area contributed by atoms with Crippen LogP contribution in [-0.2, 0) is 17.8 Å². The Morgan fingerprint density at radius 1 is 1.08 bits per heavy atom. The van der Waals surface area contributed by atoms with Crippen LogP contribution in [0.3, 0.4) is 0 Å². The smallest absolute Gasteiger partial charge is 0.224 e. The first-order valence-corrected chi connectivity index (χ1v) is 7.92. The van der Waals surface area contributed by atoms with Crippen molar-refractivity contribution >= 4 is 17.0 Å². The number of carbonyl (C=O) groups is 1.